The van der Waals surface area contributed by atoms with Crippen LogP contribution in [0.5, 0.6) is 0 Å². The third kappa shape index (κ3) is 1.37. The van der Waals surface area contributed by atoms with Gasteiger partial charge in [0.1, 0.15) is 5.52 Å². The van der Waals surface area contributed by atoms with Crippen LogP contribution in [0.15, 0.2) is 12.4 Å². The largest absolute Gasteiger partial charge is 0.369 e. The fraction of sp³-hybridized carbons (Fsp3) is 0.500. The Morgan fingerprint density at radius 1 is 1.47 bits per heavy atom. The summed E-state index contributed by atoms with van der Waals surface area (Å²) in [4.78, 5) is 8.42. The molecule has 0 amide bonds. The Morgan fingerprint density at radius 2 is 2.24 bits per heavy atom. The standard InChI is InChI=1S/C12H15ClN4/c1-2-12(4-3-5-12)17-10-8(13)6-15-7-9(10)16-11(17)14/h6-7H,2-5H2,1H3,(H2,14,16). The maximum atomic E-state index is 6.24. The number of hydrogen-bond acceptors (Lipinski definition) is 3. The van der Waals surface area contributed by atoms with Gasteiger partial charge in [-0.05, 0) is 25.7 Å². The lowest BCUT2D eigenvalue weighted by Crippen LogP contribution is -2.40. The van der Waals surface area contributed by atoms with E-state index in [1.807, 2.05) is 0 Å². The van der Waals surface area contributed by atoms with E-state index in [0.29, 0.717) is 11.0 Å². The molecular weight excluding hydrogens is 236 g/mol. The summed E-state index contributed by atoms with van der Waals surface area (Å²) in [6, 6.07) is 0. The van der Waals surface area contributed by atoms with Crippen molar-refractivity contribution in [3.63, 3.8) is 0 Å². The molecule has 1 fully saturated rings. The number of rotatable bonds is 2. The second kappa shape index (κ2) is 3.60. The van der Waals surface area contributed by atoms with E-state index in [4.69, 9.17) is 17.3 Å². The fourth-order valence-electron chi connectivity index (χ4n) is 2.81. The van der Waals surface area contributed by atoms with Gasteiger partial charge < -0.3 is 10.3 Å². The maximum absolute atomic E-state index is 6.24. The number of pyridine rings is 1. The number of aromatic nitrogens is 3. The van der Waals surface area contributed by atoms with Gasteiger partial charge in [-0.1, -0.05) is 18.5 Å². The lowest BCUT2D eigenvalue weighted by Gasteiger charge is -2.43. The van der Waals surface area contributed by atoms with E-state index in [1.165, 1.54) is 6.42 Å². The smallest absolute Gasteiger partial charge is 0.201 e. The molecule has 0 aliphatic heterocycles. The number of fused-ring (bicyclic) bond motifs is 1. The van der Waals surface area contributed by atoms with Crippen molar-refractivity contribution >= 4 is 28.6 Å². The molecule has 1 aliphatic carbocycles. The van der Waals surface area contributed by atoms with Crippen LogP contribution in [-0.4, -0.2) is 14.5 Å². The van der Waals surface area contributed by atoms with Crippen molar-refractivity contribution in [3.8, 4) is 0 Å². The first-order valence-corrected chi connectivity index (χ1v) is 6.34. The quantitative estimate of drug-likeness (QED) is 0.892. The second-order valence-corrected chi connectivity index (χ2v) is 5.13. The van der Waals surface area contributed by atoms with E-state index in [0.717, 1.165) is 30.3 Å². The molecule has 4 nitrogen and oxygen atoms in total. The maximum Gasteiger partial charge on any atom is 0.201 e. The minimum absolute atomic E-state index is 0.115. The third-order valence-electron chi connectivity index (χ3n) is 3.96. The molecule has 2 aromatic rings. The molecule has 0 bridgehead atoms. The Balaban J connectivity index is 2.31. The van der Waals surface area contributed by atoms with Crippen molar-refractivity contribution in [2.24, 2.45) is 0 Å². The summed E-state index contributed by atoms with van der Waals surface area (Å²) in [6.45, 7) is 2.19. The van der Waals surface area contributed by atoms with E-state index >= 15 is 0 Å². The lowest BCUT2D eigenvalue weighted by molar-refractivity contribution is 0.144. The van der Waals surface area contributed by atoms with Crippen molar-refractivity contribution in [1.29, 1.82) is 0 Å². The zero-order valence-corrected chi connectivity index (χ0v) is 10.5. The highest BCUT2D eigenvalue weighted by molar-refractivity contribution is 6.34. The Kier molecular flexibility index (Phi) is 2.30. The number of hydrogen-bond donors (Lipinski definition) is 1. The normalized spacial score (nSPS) is 18.2. The van der Waals surface area contributed by atoms with Crippen LogP contribution in [0.3, 0.4) is 0 Å². The second-order valence-electron chi connectivity index (χ2n) is 4.73. The fourth-order valence-corrected chi connectivity index (χ4v) is 3.05. The molecule has 0 spiro atoms. The average Bonchev–Trinajstić information content (AvgIpc) is 2.57. The SMILES string of the molecule is CCC1(n2c(N)nc3cncc(Cl)c32)CCC1. The van der Waals surface area contributed by atoms with E-state index in [1.54, 1.807) is 12.4 Å². The monoisotopic (exact) mass is 250 g/mol. The van der Waals surface area contributed by atoms with Crippen LogP contribution >= 0.6 is 11.6 Å². The molecule has 17 heavy (non-hydrogen) atoms. The predicted molar refractivity (Wildman–Crippen MR) is 69.1 cm³/mol. The minimum atomic E-state index is 0.115. The van der Waals surface area contributed by atoms with E-state index < -0.39 is 0 Å². The third-order valence-corrected chi connectivity index (χ3v) is 4.23. The van der Waals surface area contributed by atoms with Gasteiger partial charge in [-0.25, -0.2) is 4.98 Å². The van der Waals surface area contributed by atoms with Crippen LogP contribution in [0, 0.1) is 0 Å². The Bertz CT molecular complexity index is 566. The van der Waals surface area contributed by atoms with Crippen molar-refractivity contribution < 1.29 is 0 Å². The van der Waals surface area contributed by atoms with Gasteiger partial charge in [0.25, 0.3) is 0 Å². The Hall–Kier alpha value is -1.29. The van der Waals surface area contributed by atoms with Crippen LogP contribution in [0.25, 0.3) is 11.0 Å². The first-order valence-electron chi connectivity index (χ1n) is 5.96. The summed E-state index contributed by atoms with van der Waals surface area (Å²) >= 11 is 6.24. The van der Waals surface area contributed by atoms with E-state index in [9.17, 15) is 0 Å². The first kappa shape index (κ1) is 10.8. The van der Waals surface area contributed by atoms with Crippen LogP contribution in [0.1, 0.15) is 32.6 Å². The highest BCUT2D eigenvalue weighted by Crippen LogP contribution is 2.46. The lowest BCUT2D eigenvalue weighted by atomic mass is 9.74. The summed E-state index contributed by atoms with van der Waals surface area (Å²) in [7, 11) is 0. The molecule has 2 aromatic heterocycles. The molecular formula is C12H15ClN4. The van der Waals surface area contributed by atoms with Gasteiger partial charge in [-0.15, -0.1) is 0 Å². The van der Waals surface area contributed by atoms with Gasteiger partial charge >= 0.3 is 0 Å². The molecule has 5 heteroatoms. The summed E-state index contributed by atoms with van der Waals surface area (Å²) in [6.07, 6.45) is 7.98. The van der Waals surface area contributed by atoms with Crippen LogP contribution in [0.2, 0.25) is 5.02 Å². The van der Waals surface area contributed by atoms with Crippen LogP contribution in [-0.2, 0) is 5.54 Å². The highest BCUT2D eigenvalue weighted by Gasteiger charge is 2.39. The topological polar surface area (TPSA) is 56.7 Å². The average molecular weight is 251 g/mol. The van der Waals surface area contributed by atoms with E-state index in [2.05, 4.69) is 21.5 Å². The van der Waals surface area contributed by atoms with Crippen molar-refractivity contribution in [2.75, 3.05) is 5.73 Å². The zero-order valence-electron chi connectivity index (χ0n) is 9.78. The highest BCUT2D eigenvalue weighted by atomic mass is 35.5. The van der Waals surface area contributed by atoms with Crippen LogP contribution < -0.4 is 5.73 Å². The van der Waals surface area contributed by atoms with Gasteiger partial charge in [0.15, 0.2) is 0 Å². The van der Waals surface area contributed by atoms with Gasteiger partial charge in [0, 0.05) is 11.7 Å². The zero-order chi connectivity index (χ0) is 12.0. The number of nitrogens with two attached hydrogens (primary N) is 1. The van der Waals surface area contributed by atoms with Gasteiger partial charge in [-0.2, -0.15) is 0 Å². The summed E-state index contributed by atoms with van der Waals surface area (Å²) in [5, 5.41) is 0.631. The molecule has 1 saturated carbocycles. The van der Waals surface area contributed by atoms with Gasteiger partial charge in [-0.3, -0.25) is 4.98 Å². The van der Waals surface area contributed by atoms with Crippen molar-refractivity contribution in [3.05, 3.63) is 17.4 Å². The van der Waals surface area contributed by atoms with E-state index in [-0.39, 0.29) is 5.54 Å². The molecule has 90 valence electrons. The molecule has 2 N–H and O–H groups in total. The van der Waals surface area contributed by atoms with Crippen molar-refractivity contribution in [1.82, 2.24) is 14.5 Å². The Morgan fingerprint density at radius 3 is 2.82 bits per heavy atom. The van der Waals surface area contributed by atoms with Gasteiger partial charge in [0.05, 0.1) is 16.7 Å². The number of nitrogen functional groups attached to an aromatic ring is 1. The molecule has 0 unspecified atom stereocenters. The summed E-state index contributed by atoms with van der Waals surface area (Å²) in [5.41, 5.74) is 7.89. The molecule has 0 saturated heterocycles. The molecule has 0 radical (unpaired) electrons. The molecule has 2 heterocycles. The molecule has 0 aromatic carbocycles. The summed E-state index contributed by atoms with van der Waals surface area (Å²) < 4.78 is 2.12. The number of nitrogens with zero attached hydrogens (tertiary/aromatic N) is 3. The Labute approximate surface area is 105 Å². The summed E-state index contributed by atoms with van der Waals surface area (Å²) in [5.74, 6) is 0.552. The minimum Gasteiger partial charge on any atom is -0.369 e. The first-order chi connectivity index (χ1) is 8.18. The number of imidazole rings is 1. The van der Waals surface area contributed by atoms with Crippen molar-refractivity contribution in [2.45, 2.75) is 38.1 Å². The molecule has 1 aliphatic rings. The molecule has 3 rings (SSSR count). The molecule has 0 atom stereocenters. The van der Waals surface area contributed by atoms with Crippen LogP contribution in [0.4, 0.5) is 5.95 Å². The number of anilines is 1. The van der Waals surface area contributed by atoms with Gasteiger partial charge in [0.2, 0.25) is 5.95 Å². The predicted octanol–water partition coefficient (Wildman–Crippen LogP) is 2.96. The number of halogens is 1.